The first-order chi connectivity index (χ1) is 6.50. The van der Waals surface area contributed by atoms with Crippen LogP contribution in [0, 0.1) is 21.7 Å². The van der Waals surface area contributed by atoms with Crippen molar-refractivity contribution in [2.45, 2.75) is 0 Å². The van der Waals surface area contributed by atoms with Crippen LogP contribution in [0.25, 0.3) is 0 Å². The van der Waals surface area contributed by atoms with Crippen LogP contribution in [0.4, 0.5) is 8.78 Å². The van der Waals surface area contributed by atoms with Gasteiger partial charge < -0.3 is 0 Å². The van der Waals surface area contributed by atoms with Crippen molar-refractivity contribution in [3.63, 3.8) is 0 Å². The van der Waals surface area contributed by atoms with Gasteiger partial charge in [-0.3, -0.25) is 4.79 Å². The maximum Gasteiger partial charge on any atom is 0.310 e. The van der Waals surface area contributed by atoms with Crippen molar-refractivity contribution in [2.75, 3.05) is 0 Å². The molecule has 7 heteroatoms. The molecule has 0 fully saturated rings. The van der Waals surface area contributed by atoms with E-state index in [1.165, 1.54) is 5.43 Å². The third kappa shape index (κ3) is 2.22. The summed E-state index contributed by atoms with van der Waals surface area (Å²) in [5, 5.41) is 8.76. The van der Waals surface area contributed by atoms with Crippen LogP contribution in [0.15, 0.2) is 18.2 Å². The molecule has 1 aromatic carbocycles. The van der Waals surface area contributed by atoms with Crippen LogP contribution in [0.3, 0.4) is 0 Å². The predicted molar refractivity (Wildman–Crippen MR) is 40.8 cm³/mol. The number of amides is 1. The Balaban J connectivity index is 2.91. The van der Waals surface area contributed by atoms with Crippen molar-refractivity contribution in [1.82, 2.24) is 5.43 Å². The van der Waals surface area contributed by atoms with Crippen LogP contribution >= 0.6 is 0 Å². The summed E-state index contributed by atoms with van der Waals surface area (Å²) >= 11 is 0. The van der Waals surface area contributed by atoms with Crippen LogP contribution in [-0.2, 0) is 0 Å². The van der Waals surface area contributed by atoms with Crippen LogP contribution < -0.4 is 5.43 Å². The van der Waals surface area contributed by atoms with Gasteiger partial charge in [-0.05, 0) is 18.2 Å². The fraction of sp³-hybridized carbons (Fsp3) is 0. The van der Waals surface area contributed by atoms with Crippen molar-refractivity contribution in [3.05, 3.63) is 45.5 Å². The number of halogens is 2. The first kappa shape index (κ1) is 10.0. The predicted octanol–water partition coefficient (Wildman–Crippen LogP) is 0.886. The summed E-state index contributed by atoms with van der Waals surface area (Å²) < 4.78 is 24.9. The standard InChI is InChI=1S/C7H4F2N2O3/c8-5-2-1-4(3-6(5)9)7(12)10-11(13)14/h1-3H,(H,10,12). The van der Waals surface area contributed by atoms with Crippen LogP contribution in [0.2, 0.25) is 0 Å². The number of hydrazine groups is 1. The number of carbonyl (C=O) groups is 1. The van der Waals surface area contributed by atoms with Gasteiger partial charge in [-0.15, -0.1) is 0 Å². The largest absolute Gasteiger partial charge is 0.310 e. The van der Waals surface area contributed by atoms with E-state index in [4.69, 9.17) is 0 Å². The van der Waals surface area contributed by atoms with Crippen molar-refractivity contribution in [2.24, 2.45) is 0 Å². The molecule has 1 rings (SSSR count). The molecule has 1 aromatic rings. The summed E-state index contributed by atoms with van der Waals surface area (Å²) in [4.78, 5) is 20.7. The van der Waals surface area contributed by atoms with E-state index in [1.54, 1.807) is 0 Å². The Bertz CT molecular complexity index is 395. The first-order valence-electron chi connectivity index (χ1n) is 3.41. The highest BCUT2D eigenvalue weighted by Crippen LogP contribution is 2.08. The zero-order chi connectivity index (χ0) is 10.7. The molecular weight excluding hydrogens is 198 g/mol. The number of nitrogens with zero attached hydrogens (tertiary/aromatic N) is 1. The normalized spacial score (nSPS) is 9.57. The number of nitro groups is 1. The van der Waals surface area contributed by atoms with E-state index >= 15 is 0 Å². The highest BCUT2D eigenvalue weighted by Gasteiger charge is 2.13. The van der Waals surface area contributed by atoms with Crippen molar-refractivity contribution >= 4 is 5.91 Å². The average molecular weight is 202 g/mol. The average Bonchev–Trinajstić information content (AvgIpc) is 2.08. The van der Waals surface area contributed by atoms with Crippen LogP contribution in [0.5, 0.6) is 0 Å². The number of hydrogen-bond donors (Lipinski definition) is 1. The van der Waals surface area contributed by atoms with Gasteiger partial charge >= 0.3 is 5.91 Å². The maximum absolute atomic E-state index is 12.6. The van der Waals surface area contributed by atoms with E-state index in [1.807, 2.05) is 0 Å². The number of benzene rings is 1. The fourth-order valence-corrected chi connectivity index (χ4v) is 0.785. The third-order valence-electron chi connectivity index (χ3n) is 1.37. The van der Waals surface area contributed by atoms with E-state index in [0.717, 1.165) is 6.07 Å². The molecule has 1 amide bonds. The lowest BCUT2D eigenvalue weighted by molar-refractivity contribution is -0.527. The Morgan fingerprint density at radius 3 is 2.50 bits per heavy atom. The maximum atomic E-state index is 12.6. The molecule has 14 heavy (non-hydrogen) atoms. The summed E-state index contributed by atoms with van der Waals surface area (Å²) in [5.74, 6) is -3.46. The Morgan fingerprint density at radius 1 is 1.36 bits per heavy atom. The van der Waals surface area contributed by atoms with Gasteiger partial charge in [0.1, 0.15) is 0 Å². The van der Waals surface area contributed by atoms with Gasteiger partial charge in [-0.25, -0.2) is 18.9 Å². The molecule has 1 N–H and O–H groups in total. The molecule has 5 nitrogen and oxygen atoms in total. The summed E-state index contributed by atoms with van der Waals surface area (Å²) in [7, 11) is 0. The van der Waals surface area contributed by atoms with Gasteiger partial charge in [-0.1, -0.05) is 5.43 Å². The van der Waals surface area contributed by atoms with E-state index in [-0.39, 0.29) is 5.56 Å². The van der Waals surface area contributed by atoms with E-state index in [2.05, 4.69) is 0 Å². The van der Waals surface area contributed by atoms with Gasteiger partial charge in [-0.2, -0.15) is 0 Å². The van der Waals surface area contributed by atoms with Gasteiger partial charge in [0.25, 0.3) is 0 Å². The molecule has 0 spiro atoms. The Hall–Kier alpha value is -2.05. The lowest BCUT2D eigenvalue weighted by Crippen LogP contribution is -2.29. The number of carbonyl (C=O) groups excluding carboxylic acids is 1. The molecule has 74 valence electrons. The fourth-order valence-electron chi connectivity index (χ4n) is 0.785. The molecule has 0 aromatic heterocycles. The van der Waals surface area contributed by atoms with Gasteiger partial charge in [0.05, 0.1) is 0 Å². The lowest BCUT2D eigenvalue weighted by atomic mass is 10.2. The van der Waals surface area contributed by atoms with Crippen molar-refractivity contribution in [3.8, 4) is 0 Å². The smallest absolute Gasteiger partial charge is 0.263 e. The number of nitrogens with one attached hydrogen (secondary N) is 1. The second-order valence-electron chi connectivity index (χ2n) is 2.33. The highest BCUT2D eigenvalue weighted by atomic mass is 19.2. The molecule has 0 saturated carbocycles. The molecule has 0 heterocycles. The summed E-state index contributed by atoms with van der Waals surface area (Å²) in [6.45, 7) is 0. The summed E-state index contributed by atoms with van der Waals surface area (Å²) in [6, 6.07) is 2.23. The third-order valence-corrected chi connectivity index (χ3v) is 1.37. The molecule has 0 bridgehead atoms. The van der Waals surface area contributed by atoms with Gasteiger partial charge in [0.2, 0.25) is 0 Å². The van der Waals surface area contributed by atoms with Gasteiger partial charge in [0, 0.05) is 5.56 Å². The minimum atomic E-state index is -1.24. The Labute approximate surface area is 76.5 Å². The molecular formula is C7H4F2N2O3. The molecule has 0 aliphatic heterocycles. The van der Waals surface area contributed by atoms with Crippen LogP contribution in [0.1, 0.15) is 10.4 Å². The SMILES string of the molecule is O=C(N[N+](=O)[O-])c1ccc(F)c(F)c1. The van der Waals surface area contributed by atoms with E-state index in [9.17, 15) is 23.7 Å². The molecule has 0 atom stereocenters. The zero-order valence-corrected chi connectivity index (χ0v) is 6.66. The Kier molecular flexibility index (Phi) is 2.70. The number of hydrogen-bond acceptors (Lipinski definition) is 3. The molecule has 0 aliphatic carbocycles. The Morgan fingerprint density at radius 2 is 2.00 bits per heavy atom. The molecule has 0 radical (unpaired) electrons. The molecule has 0 saturated heterocycles. The molecule has 0 unspecified atom stereocenters. The quantitative estimate of drug-likeness (QED) is 0.571. The lowest BCUT2D eigenvalue weighted by Gasteiger charge is -1.97. The summed E-state index contributed by atoms with van der Waals surface area (Å²) in [6.07, 6.45) is 0. The zero-order valence-electron chi connectivity index (χ0n) is 6.66. The monoisotopic (exact) mass is 202 g/mol. The number of rotatable bonds is 2. The van der Waals surface area contributed by atoms with Crippen molar-refractivity contribution < 1.29 is 18.6 Å². The first-order valence-corrected chi connectivity index (χ1v) is 3.41. The van der Waals surface area contributed by atoms with E-state index < -0.39 is 22.6 Å². The van der Waals surface area contributed by atoms with Crippen molar-refractivity contribution in [1.29, 1.82) is 0 Å². The second-order valence-corrected chi connectivity index (χ2v) is 2.33. The van der Waals surface area contributed by atoms with Gasteiger partial charge in [0.15, 0.2) is 16.7 Å². The van der Waals surface area contributed by atoms with E-state index in [0.29, 0.717) is 12.1 Å². The highest BCUT2D eigenvalue weighted by molar-refractivity contribution is 5.93. The summed E-state index contributed by atoms with van der Waals surface area (Å²) in [5.41, 5.74) is 0.981. The topological polar surface area (TPSA) is 72.2 Å². The van der Waals surface area contributed by atoms with Crippen LogP contribution in [-0.4, -0.2) is 10.9 Å². The minimum Gasteiger partial charge on any atom is -0.263 e. The molecule has 0 aliphatic rings. The minimum absolute atomic E-state index is 0.319. The second kappa shape index (κ2) is 3.77.